The molecule has 0 aliphatic rings. The van der Waals surface area contributed by atoms with Gasteiger partial charge in [0.1, 0.15) is 29.7 Å². The molecule has 0 saturated heterocycles. The first-order valence-corrected chi connectivity index (χ1v) is 8.87. The Morgan fingerprint density at radius 2 is 1.89 bits per heavy atom. The number of hydrogen-bond donors (Lipinski definition) is 2. The third kappa shape index (κ3) is 5.03. The van der Waals surface area contributed by atoms with Crippen LogP contribution in [0.3, 0.4) is 0 Å². The summed E-state index contributed by atoms with van der Waals surface area (Å²) >= 11 is 0. The smallest absolute Gasteiger partial charge is 0.338 e. The molecule has 0 aliphatic heterocycles. The van der Waals surface area contributed by atoms with Crippen molar-refractivity contribution in [1.82, 2.24) is 25.0 Å². The summed E-state index contributed by atoms with van der Waals surface area (Å²) in [5, 5.41) is 17.4. The van der Waals surface area contributed by atoms with E-state index in [-0.39, 0.29) is 12.4 Å². The third-order valence-corrected chi connectivity index (χ3v) is 3.86. The minimum absolute atomic E-state index is 0.00851. The molecule has 9 nitrogen and oxygen atoms in total. The van der Waals surface area contributed by atoms with E-state index in [1.807, 2.05) is 20.8 Å². The lowest BCUT2D eigenvalue weighted by atomic mass is 10.2. The second-order valence-corrected chi connectivity index (χ2v) is 5.73. The summed E-state index contributed by atoms with van der Waals surface area (Å²) in [6, 6.07) is 5.82. The van der Waals surface area contributed by atoms with Crippen LogP contribution in [0.4, 0.5) is 5.82 Å². The molecule has 0 atom stereocenters. The Hall–Kier alpha value is -3.49. The van der Waals surface area contributed by atoms with E-state index in [2.05, 4.69) is 20.3 Å². The Morgan fingerprint density at radius 1 is 1.21 bits per heavy atom. The number of nitrogens with zero attached hydrogens (tertiary/aromatic N) is 5. The number of phenolic OH excluding ortho intramolecular Hbond substituents is 1. The molecule has 2 aromatic heterocycles. The molecule has 0 fully saturated rings. The van der Waals surface area contributed by atoms with Gasteiger partial charge in [-0.1, -0.05) is 19.1 Å². The van der Waals surface area contributed by atoms with E-state index < -0.39 is 5.97 Å². The van der Waals surface area contributed by atoms with Gasteiger partial charge in [-0.25, -0.2) is 19.4 Å². The summed E-state index contributed by atoms with van der Waals surface area (Å²) < 4.78 is 6.90. The summed E-state index contributed by atoms with van der Waals surface area (Å²) in [4.78, 5) is 20.3. The van der Waals surface area contributed by atoms with Crippen LogP contribution in [0, 0.1) is 13.8 Å². The van der Waals surface area contributed by atoms with Gasteiger partial charge in [-0.05, 0) is 38.1 Å². The van der Waals surface area contributed by atoms with Crippen molar-refractivity contribution in [2.45, 2.75) is 40.8 Å². The Kier molecular flexibility index (Phi) is 7.02. The average molecular weight is 384 g/mol. The molecule has 3 aromatic rings. The van der Waals surface area contributed by atoms with E-state index >= 15 is 0 Å². The number of hydrogen-bond acceptors (Lipinski definition) is 8. The van der Waals surface area contributed by atoms with Gasteiger partial charge in [-0.3, -0.25) is 0 Å². The van der Waals surface area contributed by atoms with Gasteiger partial charge in [-0.2, -0.15) is 0 Å². The molecule has 0 spiro atoms. The first-order valence-electron chi connectivity index (χ1n) is 8.87. The number of benzene rings is 1. The fraction of sp³-hybridized carbons (Fsp3) is 0.316. The van der Waals surface area contributed by atoms with Crippen LogP contribution in [0.5, 0.6) is 5.75 Å². The van der Waals surface area contributed by atoms with E-state index in [4.69, 9.17) is 10.5 Å². The lowest BCUT2D eigenvalue weighted by Crippen LogP contribution is -2.10. The van der Waals surface area contributed by atoms with E-state index in [1.165, 1.54) is 24.3 Å². The van der Waals surface area contributed by atoms with Gasteiger partial charge in [-0.15, -0.1) is 5.10 Å². The topological polar surface area (TPSA) is 129 Å². The minimum Gasteiger partial charge on any atom is -0.508 e. The number of aryl methyl sites for hydroxylation is 1. The number of carbonyl (C=O) groups excluding carboxylic acids is 1. The fourth-order valence-electron chi connectivity index (χ4n) is 2.29. The summed E-state index contributed by atoms with van der Waals surface area (Å²) in [6.07, 6.45) is 1.66. The minimum atomic E-state index is -0.505. The van der Waals surface area contributed by atoms with E-state index in [1.54, 1.807) is 17.8 Å². The quantitative estimate of drug-likeness (QED) is 0.642. The van der Waals surface area contributed by atoms with E-state index in [0.717, 1.165) is 11.3 Å². The molecule has 0 radical (unpaired) electrons. The number of phenols is 1. The van der Waals surface area contributed by atoms with Gasteiger partial charge < -0.3 is 15.6 Å². The van der Waals surface area contributed by atoms with Crippen LogP contribution in [-0.4, -0.2) is 36.0 Å². The van der Waals surface area contributed by atoms with Gasteiger partial charge in [0.05, 0.1) is 17.8 Å². The molecule has 1 aromatic carbocycles. The number of aromatic hydroxyl groups is 1. The molecule has 3 rings (SSSR count). The number of anilines is 1. The summed E-state index contributed by atoms with van der Waals surface area (Å²) in [5.74, 6) is 0.575. The van der Waals surface area contributed by atoms with Crippen molar-refractivity contribution in [2.24, 2.45) is 0 Å². The molecular weight excluding hydrogens is 360 g/mol. The number of nitrogen functional groups attached to an aromatic ring is 1. The van der Waals surface area contributed by atoms with Gasteiger partial charge in [0, 0.05) is 11.8 Å². The fourth-order valence-corrected chi connectivity index (χ4v) is 2.29. The van der Waals surface area contributed by atoms with Crippen molar-refractivity contribution in [1.29, 1.82) is 0 Å². The number of nitrogens with two attached hydrogens (primary N) is 1. The van der Waals surface area contributed by atoms with Crippen LogP contribution in [0.15, 0.2) is 30.5 Å². The maximum absolute atomic E-state index is 12.0. The van der Waals surface area contributed by atoms with Crippen molar-refractivity contribution in [3.63, 3.8) is 0 Å². The zero-order valence-corrected chi connectivity index (χ0v) is 16.4. The Bertz CT molecular complexity index is 937. The van der Waals surface area contributed by atoms with Crippen molar-refractivity contribution in [2.75, 3.05) is 5.73 Å². The highest BCUT2D eigenvalue weighted by Crippen LogP contribution is 2.14. The molecule has 0 bridgehead atoms. The monoisotopic (exact) mass is 384 g/mol. The largest absolute Gasteiger partial charge is 0.508 e. The van der Waals surface area contributed by atoms with E-state index in [9.17, 15) is 9.90 Å². The van der Waals surface area contributed by atoms with Crippen LogP contribution < -0.4 is 5.73 Å². The van der Waals surface area contributed by atoms with Crippen LogP contribution in [-0.2, 0) is 17.9 Å². The van der Waals surface area contributed by atoms with Crippen molar-refractivity contribution >= 4 is 11.8 Å². The maximum atomic E-state index is 12.0. The number of rotatable bonds is 5. The molecule has 148 valence electrons. The van der Waals surface area contributed by atoms with Crippen molar-refractivity contribution < 1.29 is 14.6 Å². The Labute approximate surface area is 163 Å². The van der Waals surface area contributed by atoms with Gasteiger partial charge in [0.2, 0.25) is 0 Å². The lowest BCUT2D eigenvalue weighted by molar-refractivity contribution is 0.0467. The molecular formula is C19H24N6O3. The van der Waals surface area contributed by atoms with Gasteiger partial charge in [0.15, 0.2) is 0 Å². The standard InChI is InChI=1S/C17H18N6O3.C2H6/c1-10-15(9-26-17(25)12-3-5-14(24)6-4-12)21-22-23(10)8-13-7-19-11(2)20-16(13)18;1-2/h3-7,24H,8-9H2,1-2H3,(H2,18,19,20);1-2H3. The number of carbonyl (C=O) groups is 1. The zero-order valence-electron chi connectivity index (χ0n) is 16.4. The first-order chi connectivity index (χ1) is 13.4. The normalized spacial score (nSPS) is 10.1. The molecule has 0 unspecified atom stereocenters. The lowest BCUT2D eigenvalue weighted by Gasteiger charge is -2.07. The third-order valence-electron chi connectivity index (χ3n) is 3.86. The summed E-state index contributed by atoms with van der Waals surface area (Å²) in [6.45, 7) is 7.96. The van der Waals surface area contributed by atoms with Gasteiger partial charge >= 0.3 is 5.97 Å². The molecule has 28 heavy (non-hydrogen) atoms. The molecule has 9 heteroatoms. The van der Waals surface area contributed by atoms with Crippen molar-refractivity contribution in [3.05, 3.63) is 58.8 Å². The average Bonchev–Trinajstić information content (AvgIpc) is 3.04. The Morgan fingerprint density at radius 3 is 2.54 bits per heavy atom. The number of esters is 1. The summed E-state index contributed by atoms with van der Waals surface area (Å²) in [5.41, 5.74) is 8.28. The highest BCUT2D eigenvalue weighted by Gasteiger charge is 2.14. The number of ether oxygens (including phenoxy) is 1. The van der Waals surface area contributed by atoms with Crippen molar-refractivity contribution in [3.8, 4) is 5.75 Å². The second-order valence-electron chi connectivity index (χ2n) is 5.73. The highest BCUT2D eigenvalue weighted by atomic mass is 16.5. The van der Waals surface area contributed by atoms with Crippen LogP contribution in [0.1, 0.15) is 47.0 Å². The maximum Gasteiger partial charge on any atom is 0.338 e. The Balaban J connectivity index is 0.00000136. The molecule has 3 N–H and O–H groups in total. The SMILES string of the molecule is CC.Cc1ncc(Cn2nnc(COC(=O)c3ccc(O)cc3)c2C)c(N)n1. The molecule has 2 heterocycles. The highest BCUT2D eigenvalue weighted by molar-refractivity contribution is 5.89. The second kappa shape index (κ2) is 9.45. The molecule has 0 amide bonds. The van der Waals surface area contributed by atoms with Crippen LogP contribution in [0.25, 0.3) is 0 Å². The van der Waals surface area contributed by atoms with Crippen LogP contribution in [0.2, 0.25) is 0 Å². The molecule has 0 aliphatic carbocycles. The first kappa shape index (κ1) is 20.8. The van der Waals surface area contributed by atoms with Gasteiger partial charge in [0.25, 0.3) is 0 Å². The van der Waals surface area contributed by atoms with E-state index in [0.29, 0.717) is 29.4 Å². The zero-order chi connectivity index (χ0) is 20.7. The molecule has 0 saturated carbocycles. The summed E-state index contributed by atoms with van der Waals surface area (Å²) in [7, 11) is 0. The number of aromatic nitrogens is 5. The predicted octanol–water partition coefficient (Wildman–Crippen LogP) is 2.40. The predicted molar refractivity (Wildman–Crippen MR) is 104 cm³/mol. The van der Waals surface area contributed by atoms with Crippen LogP contribution >= 0.6 is 0 Å².